The highest BCUT2D eigenvalue weighted by atomic mass is 16.1. The van der Waals surface area contributed by atoms with E-state index in [-0.39, 0.29) is 5.92 Å². The van der Waals surface area contributed by atoms with E-state index in [2.05, 4.69) is 16.4 Å². The van der Waals surface area contributed by atoms with Gasteiger partial charge in [-0.05, 0) is 49.9 Å². The molecular weight excluding hydrogens is 212 g/mol. The summed E-state index contributed by atoms with van der Waals surface area (Å²) in [6, 6.07) is 4.09. The minimum atomic E-state index is 0.0700. The summed E-state index contributed by atoms with van der Waals surface area (Å²) >= 11 is 0. The number of fused-ring (bicyclic) bond motifs is 1. The molecule has 0 aromatic carbocycles. The van der Waals surface area contributed by atoms with Gasteiger partial charge in [0.25, 0.3) is 0 Å². The number of nitrogens with one attached hydrogen (secondary N) is 1. The molecule has 1 N–H and O–H groups in total. The normalized spacial score (nSPS) is 23.9. The maximum absolute atomic E-state index is 12.3. The van der Waals surface area contributed by atoms with Crippen LogP contribution in [0.1, 0.15) is 36.4 Å². The van der Waals surface area contributed by atoms with Crippen LogP contribution in [0.3, 0.4) is 0 Å². The largest absolute Gasteiger partial charge is 0.316 e. The quantitative estimate of drug-likeness (QED) is 0.859. The Kier molecular flexibility index (Phi) is 2.93. The molecule has 3 nitrogen and oxygen atoms in total. The van der Waals surface area contributed by atoms with Crippen molar-refractivity contribution in [1.29, 1.82) is 0 Å². The highest BCUT2D eigenvalue weighted by Gasteiger charge is 2.30. The second kappa shape index (κ2) is 4.57. The van der Waals surface area contributed by atoms with Crippen molar-refractivity contribution >= 4 is 5.78 Å². The highest BCUT2D eigenvalue weighted by Crippen LogP contribution is 2.32. The van der Waals surface area contributed by atoms with Crippen molar-refractivity contribution < 1.29 is 4.79 Å². The summed E-state index contributed by atoms with van der Waals surface area (Å²) in [6.07, 6.45) is 5.74. The molecule has 90 valence electrons. The van der Waals surface area contributed by atoms with Crippen LogP contribution >= 0.6 is 0 Å². The lowest BCUT2D eigenvalue weighted by molar-refractivity contribution is -0.122. The highest BCUT2D eigenvalue weighted by molar-refractivity contribution is 5.86. The summed E-state index contributed by atoms with van der Waals surface area (Å²) in [5.74, 6) is 1.04. The molecule has 2 heterocycles. The molecular formula is C14H18N2O. The first-order valence-corrected chi connectivity index (χ1v) is 6.52. The molecule has 1 saturated heterocycles. The Morgan fingerprint density at radius 2 is 2.35 bits per heavy atom. The molecule has 3 rings (SSSR count). The average Bonchev–Trinajstić information content (AvgIpc) is 2.33. The molecule has 1 atom stereocenters. The number of hydrogen-bond donors (Lipinski definition) is 1. The van der Waals surface area contributed by atoms with Crippen molar-refractivity contribution in [1.82, 2.24) is 10.3 Å². The van der Waals surface area contributed by atoms with E-state index in [1.165, 1.54) is 5.56 Å². The third-order valence-electron chi connectivity index (χ3n) is 3.94. The Balaban J connectivity index is 1.77. The fraction of sp³-hybridized carbons (Fsp3) is 0.571. The van der Waals surface area contributed by atoms with E-state index in [0.717, 1.165) is 44.5 Å². The molecule has 0 saturated carbocycles. The van der Waals surface area contributed by atoms with E-state index in [1.807, 2.05) is 12.3 Å². The number of aromatic nitrogens is 1. The summed E-state index contributed by atoms with van der Waals surface area (Å²) < 4.78 is 0. The number of hydrogen-bond acceptors (Lipinski definition) is 3. The standard InChI is InChI=1S/C14H18N2O/c17-13(7-10-8-15-9-10)12-5-1-3-11-4-2-6-16-14(11)12/h2,4,6,10,12,15H,1,3,5,7-9H2. The maximum atomic E-state index is 12.3. The second-order valence-corrected chi connectivity index (χ2v) is 5.19. The van der Waals surface area contributed by atoms with Crippen molar-refractivity contribution in [2.45, 2.75) is 31.6 Å². The fourth-order valence-electron chi connectivity index (χ4n) is 2.84. The first kappa shape index (κ1) is 10.9. The molecule has 0 bridgehead atoms. The number of nitrogens with zero attached hydrogens (tertiary/aromatic N) is 1. The van der Waals surface area contributed by atoms with Gasteiger partial charge in [0, 0.05) is 12.6 Å². The van der Waals surface area contributed by atoms with E-state index in [4.69, 9.17) is 0 Å². The minimum absolute atomic E-state index is 0.0700. The number of carbonyl (C=O) groups is 1. The van der Waals surface area contributed by atoms with Gasteiger partial charge in [0.1, 0.15) is 5.78 Å². The monoisotopic (exact) mass is 230 g/mol. The molecule has 1 fully saturated rings. The van der Waals surface area contributed by atoms with Crippen LogP contribution < -0.4 is 5.32 Å². The molecule has 0 amide bonds. The fourth-order valence-corrected chi connectivity index (χ4v) is 2.84. The summed E-state index contributed by atoms with van der Waals surface area (Å²) in [7, 11) is 0. The minimum Gasteiger partial charge on any atom is -0.316 e. The molecule has 1 aromatic rings. The van der Waals surface area contributed by atoms with E-state index in [9.17, 15) is 4.79 Å². The Hall–Kier alpha value is -1.22. The van der Waals surface area contributed by atoms with Crippen LogP contribution in [-0.2, 0) is 11.2 Å². The maximum Gasteiger partial charge on any atom is 0.142 e. The van der Waals surface area contributed by atoms with Crippen LogP contribution in [0.25, 0.3) is 0 Å². The van der Waals surface area contributed by atoms with Gasteiger partial charge in [-0.1, -0.05) is 6.07 Å². The lowest BCUT2D eigenvalue weighted by atomic mass is 9.80. The van der Waals surface area contributed by atoms with Gasteiger partial charge < -0.3 is 5.32 Å². The smallest absolute Gasteiger partial charge is 0.142 e. The molecule has 17 heavy (non-hydrogen) atoms. The van der Waals surface area contributed by atoms with Crippen LogP contribution in [0.4, 0.5) is 0 Å². The van der Waals surface area contributed by atoms with Gasteiger partial charge in [0.05, 0.1) is 11.6 Å². The first-order chi connectivity index (χ1) is 8.34. The van der Waals surface area contributed by atoms with E-state index >= 15 is 0 Å². The van der Waals surface area contributed by atoms with Crippen LogP contribution in [0.2, 0.25) is 0 Å². The second-order valence-electron chi connectivity index (χ2n) is 5.19. The zero-order valence-electron chi connectivity index (χ0n) is 9.98. The van der Waals surface area contributed by atoms with Gasteiger partial charge in [-0.25, -0.2) is 0 Å². The van der Waals surface area contributed by atoms with Crippen LogP contribution in [0, 0.1) is 5.92 Å². The van der Waals surface area contributed by atoms with Gasteiger partial charge in [0.2, 0.25) is 0 Å². The summed E-state index contributed by atoms with van der Waals surface area (Å²) in [5, 5.41) is 3.22. The number of rotatable bonds is 3. The number of ketones is 1. The Labute approximate surface area is 102 Å². The van der Waals surface area contributed by atoms with Gasteiger partial charge in [0.15, 0.2) is 0 Å². The van der Waals surface area contributed by atoms with Gasteiger partial charge in [-0.15, -0.1) is 0 Å². The zero-order chi connectivity index (χ0) is 11.7. The molecule has 1 unspecified atom stereocenters. The topological polar surface area (TPSA) is 42.0 Å². The van der Waals surface area contributed by atoms with Crippen molar-refractivity contribution in [3.8, 4) is 0 Å². The summed E-state index contributed by atoms with van der Waals surface area (Å²) in [6.45, 7) is 2.01. The molecule has 2 aliphatic rings. The third kappa shape index (κ3) is 2.12. The van der Waals surface area contributed by atoms with Crippen LogP contribution in [0.5, 0.6) is 0 Å². The molecule has 0 radical (unpaired) electrons. The number of Topliss-reactive ketones (excluding diaryl/α,β-unsaturated/α-hetero) is 1. The molecule has 0 spiro atoms. The third-order valence-corrected chi connectivity index (χ3v) is 3.94. The summed E-state index contributed by atoms with van der Waals surface area (Å²) in [4.78, 5) is 16.7. The van der Waals surface area contributed by atoms with Crippen molar-refractivity contribution in [3.05, 3.63) is 29.6 Å². The molecule has 3 heteroatoms. The predicted octanol–water partition coefficient (Wildman–Crippen LogP) is 1.68. The lowest BCUT2D eigenvalue weighted by Crippen LogP contribution is -2.43. The Morgan fingerprint density at radius 3 is 3.12 bits per heavy atom. The Bertz CT molecular complexity index is 426. The number of aryl methyl sites for hydroxylation is 1. The zero-order valence-corrected chi connectivity index (χ0v) is 9.98. The number of carbonyl (C=O) groups excluding carboxylic acids is 1. The van der Waals surface area contributed by atoms with Gasteiger partial charge in [-0.2, -0.15) is 0 Å². The Morgan fingerprint density at radius 1 is 1.47 bits per heavy atom. The first-order valence-electron chi connectivity index (χ1n) is 6.52. The lowest BCUT2D eigenvalue weighted by Gasteiger charge is -2.29. The van der Waals surface area contributed by atoms with Crippen LogP contribution in [0.15, 0.2) is 18.3 Å². The van der Waals surface area contributed by atoms with E-state index in [1.54, 1.807) is 0 Å². The average molecular weight is 230 g/mol. The SMILES string of the molecule is O=C(CC1CNC1)C1CCCc2cccnc21. The molecule has 1 aromatic heterocycles. The molecule has 1 aliphatic carbocycles. The predicted molar refractivity (Wildman–Crippen MR) is 65.9 cm³/mol. The van der Waals surface area contributed by atoms with Gasteiger partial charge >= 0.3 is 0 Å². The van der Waals surface area contributed by atoms with Gasteiger partial charge in [-0.3, -0.25) is 9.78 Å². The molecule has 1 aliphatic heterocycles. The number of pyridine rings is 1. The van der Waals surface area contributed by atoms with Crippen LogP contribution in [-0.4, -0.2) is 23.9 Å². The summed E-state index contributed by atoms with van der Waals surface area (Å²) in [5.41, 5.74) is 2.33. The van der Waals surface area contributed by atoms with E-state index in [0.29, 0.717) is 11.7 Å². The van der Waals surface area contributed by atoms with Crippen molar-refractivity contribution in [2.75, 3.05) is 13.1 Å². The van der Waals surface area contributed by atoms with Crippen molar-refractivity contribution in [2.24, 2.45) is 5.92 Å². The van der Waals surface area contributed by atoms with E-state index < -0.39 is 0 Å². The van der Waals surface area contributed by atoms with Crippen molar-refractivity contribution in [3.63, 3.8) is 0 Å².